The second-order valence-electron chi connectivity index (χ2n) is 7.56. The lowest BCUT2D eigenvalue weighted by Gasteiger charge is -2.07. The topological polar surface area (TPSA) is 80.9 Å². The van der Waals surface area contributed by atoms with Crippen molar-refractivity contribution in [3.05, 3.63) is 58.4 Å². The molecule has 150 valence electrons. The Bertz CT molecular complexity index is 1240. The molecule has 2 aromatic heterocycles. The maximum Gasteiger partial charge on any atom is 0.258 e. The summed E-state index contributed by atoms with van der Waals surface area (Å²) in [4.78, 5) is 20.8. The van der Waals surface area contributed by atoms with Gasteiger partial charge >= 0.3 is 0 Å². The highest BCUT2D eigenvalue weighted by Crippen LogP contribution is 2.42. The highest BCUT2D eigenvalue weighted by atomic mass is 32.1. The summed E-state index contributed by atoms with van der Waals surface area (Å²) in [6.07, 6.45) is 2.50. The summed E-state index contributed by atoms with van der Waals surface area (Å²) in [5.41, 5.74) is 5.37. The van der Waals surface area contributed by atoms with Crippen LogP contribution in [0.2, 0.25) is 0 Å². The van der Waals surface area contributed by atoms with E-state index in [1.807, 2.05) is 43.3 Å². The predicted molar refractivity (Wildman–Crippen MR) is 117 cm³/mol. The molecule has 6 nitrogen and oxygen atoms in total. The molecule has 0 atom stereocenters. The number of nitrogens with zero attached hydrogens (tertiary/aromatic N) is 3. The average molecular weight is 417 g/mol. The first kappa shape index (κ1) is 18.7. The van der Waals surface area contributed by atoms with E-state index in [0.717, 1.165) is 33.6 Å². The number of anilines is 1. The van der Waals surface area contributed by atoms with Crippen LogP contribution in [0.15, 0.2) is 52.4 Å². The van der Waals surface area contributed by atoms with Gasteiger partial charge in [-0.25, -0.2) is 4.98 Å². The van der Waals surface area contributed by atoms with Crippen LogP contribution in [0.5, 0.6) is 0 Å². The van der Waals surface area contributed by atoms with Gasteiger partial charge in [0.05, 0.1) is 10.7 Å². The molecule has 30 heavy (non-hydrogen) atoms. The minimum absolute atomic E-state index is 0.120. The number of carbonyl (C=O) groups is 1. The maximum absolute atomic E-state index is 11.4. The fourth-order valence-electron chi connectivity index (χ4n) is 3.29. The third-order valence-electron chi connectivity index (χ3n) is 5.09. The molecule has 2 aromatic carbocycles. The summed E-state index contributed by atoms with van der Waals surface area (Å²) in [6, 6.07) is 13.7. The van der Waals surface area contributed by atoms with Crippen molar-refractivity contribution < 1.29 is 9.32 Å². The van der Waals surface area contributed by atoms with Crippen LogP contribution in [0.25, 0.3) is 34.1 Å². The van der Waals surface area contributed by atoms with Crippen LogP contribution in [0.1, 0.15) is 36.3 Å². The minimum atomic E-state index is -0.120. The summed E-state index contributed by atoms with van der Waals surface area (Å²) in [5.74, 6) is 1.46. The fourth-order valence-corrected chi connectivity index (χ4v) is 4.29. The highest BCUT2D eigenvalue weighted by Gasteiger charge is 2.26. The van der Waals surface area contributed by atoms with Gasteiger partial charge in [0.2, 0.25) is 11.7 Å². The van der Waals surface area contributed by atoms with Crippen LogP contribution >= 0.6 is 11.3 Å². The molecular weight excluding hydrogens is 396 g/mol. The first-order valence-electron chi connectivity index (χ1n) is 9.85. The van der Waals surface area contributed by atoms with E-state index in [4.69, 9.17) is 9.51 Å². The first-order valence-corrected chi connectivity index (χ1v) is 10.7. The fraction of sp³-hybridized carbons (Fsp3) is 0.217. The van der Waals surface area contributed by atoms with Gasteiger partial charge in [0.15, 0.2) is 0 Å². The molecule has 0 aliphatic heterocycles. The highest BCUT2D eigenvalue weighted by molar-refractivity contribution is 7.10. The minimum Gasteiger partial charge on any atom is -0.334 e. The SMILES string of the molecule is CC(=O)Nc1cc(-c2nc(-c3cccc(-c4csc(C5CC5)n4)c3)no2)ccc1C. The lowest BCUT2D eigenvalue weighted by molar-refractivity contribution is -0.114. The zero-order valence-corrected chi connectivity index (χ0v) is 17.5. The lowest BCUT2D eigenvalue weighted by Crippen LogP contribution is -2.07. The molecule has 1 aliphatic rings. The van der Waals surface area contributed by atoms with Crippen molar-refractivity contribution in [2.75, 3.05) is 5.32 Å². The molecule has 0 spiro atoms. The van der Waals surface area contributed by atoms with E-state index in [2.05, 4.69) is 26.9 Å². The third-order valence-corrected chi connectivity index (χ3v) is 6.09. The zero-order valence-electron chi connectivity index (χ0n) is 16.7. The van der Waals surface area contributed by atoms with Crippen LogP contribution < -0.4 is 5.32 Å². The molecule has 1 amide bonds. The Morgan fingerprint density at radius 3 is 2.73 bits per heavy atom. The summed E-state index contributed by atoms with van der Waals surface area (Å²) >= 11 is 1.73. The molecule has 0 unspecified atom stereocenters. The van der Waals surface area contributed by atoms with Gasteiger partial charge in [-0.05, 0) is 43.5 Å². The van der Waals surface area contributed by atoms with E-state index in [1.54, 1.807) is 11.3 Å². The second kappa shape index (κ2) is 7.50. The molecule has 1 saturated carbocycles. The molecule has 2 heterocycles. The molecule has 1 N–H and O–H groups in total. The number of rotatable bonds is 5. The van der Waals surface area contributed by atoms with Gasteiger partial charge in [-0.2, -0.15) is 4.98 Å². The summed E-state index contributed by atoms with van der Waals surface area (Å²) < 4.78 is 5.51. The molecule has 0 radical (unpaired) electrons. The van der Waals surface area contributed by atoms with Crippen molar-refractivity contribution in [1.29, 1.82) is 0 Å². The van der Waals surface area contributed by atoms with Crippen molar-refractivity contribution >= 4 is 22.9 Å². The first-order chi connectivity index (χ1) is 14.6. The van der Waals surface area contributed by atoms with Gasteiger partial charge in [-0.3, -0.25) is 4.79 Å². The number of hydrogen-bond acceptors (Lipinski definition) is 6. The van der Waals surface area contributed by atoms with Gasteiger partial charge < -0.3 is 9.84 Å². The van der Waals surface area contributed by atoms with Gasteiger partial charge in [0.25, 0.3) is 5.89 Å². The quantitative estimate of drug-likeness (QED) is 0.453. The lowest BCUT2D eigenvalue weighted by atomic mass is 10.1. The van der Waals surface area contributed by atoms with E-state index >= 15 is 0 Å². The third kappa shape index (κ3) is 3.76. The number of benzene rings is 2. The summed E-state index contributed by atoms with van der Waals surface area (Å²) in [6.45, 7) is 3.42. The Hall–Kier alpha value is -3.32. The average Bonchev–Trinajstić information content (AvgIpc) is 3.26. The van der Waals surface area contributed by atoms with E-state index in [9.17, 15) is 4.79 Å². The van der Waals surface area contributed by atoms with E-state index in [-0.39, 0.29) is 5.91 Å². The van der Waals surface area contributed by atoms with E-state index in [1.165, 1.54) is 24.8 Å². The second-order valence-corrected chi connectivity index (χ2v) is 8.45. The Balaban J connectivity index is 1.43. The van der Waals surface area contributed by atoms with E-state index in [0.29, 0.717) is 17.6 Å². The number of hydrogen-bond donors (Lipinski definition) is 1. The standard InChI is InChI=1S/C23H20N4O2S/c1-13-6-7-18(11-19(13)24-14(2)28)22-26-21(27-29-22)17-5-3-4-16(10-17)20-12-30-23(25-20)15-8-9-15/h3-7,10-12,15H,8-9H2,1-2H3,(H,24,28). The largest absolute Gasteiger partial charge is 0.334 e. The maximum atomic E-state index is 11.4. The Morgan fingerprint density at radius 1 is 1.10 bits per heavy atom. The number of aromatic nitrogens is 3. The Labute approximate surface area is 178 Å². The number of nitrogens with one attached hydrogen (secondary N) is 1. The predicted octanol–water partition coefficient (Wildman–Crippen LogP) is 5.67. The van der Waals surface area contributed by atoms with Crippen molar-refractivity contribution in [3.63, 3.8) is 0 Å². The zero-order chi connectivity index (χ0) is 20.7. The summed E-state index contributed by atoms with van der Waals surface area (Å²) in [5, 5.41) is 10.3. The molecule has 4 aromatic rings. The van der Waals surface area contributed by atoms with Gasteiger partial charge in [-0.1, -0.05) is 29.4 Å². The van der Waals surface area contributed by atoms with Crippen LogP contribution in [0.3, 0.4) is 0 Å². The monoisotopic (exact) mass is 416 g/mol. The van der Waals surface area contributed by atoms with Crippen LogP contribution in [-0.4, -0.2) is 21.0 Å². The van der Waals surface area contributed by atoms with Crippen molar-refractivity contribution in [2.45, 2.75) is 32.6 Å². The van der Waals surface area contributed by atoms with Crippen LogP contribution in [-0.2, 0) is 4.79 Å². The Morgan fingerprint density at radius 2 is 1.93 bits per heavy atom. The molecule has 1 aliphatic carbocycles. The number of aryl methyl sites for hydroxylation is 1. The van der Waals surface area contributed by atoms with Gasteiger partial charge in [0.1, 0.15) is 0 Å². The molecule has 5 rings (SSSR count). The molecule has 0 bridgehead atoms. The summed E-state index contributed by atoms with van der Waals surface area (Å²) in [7, 11) is 0. The number of amides is 1. The number of thiazole rings is 1. The van der Waals surface area contributed by atoms with Crippen molar-refractivity contribution in [2.24, 2.45) is 0 Å². The normalized spacial score (nSPS) is 13.4. The molecule has 0 saturated heterocycles. The van der Waals surface area contributed by atoms with Crippen molar-refractivity contribution in [1.82, 2.24) is 15.1 Å². The van der Waals surface area contributed by atoms with Crippen LogP contribution in [0.4, 0.5) is 5.69 Å². The number of carbonyl (C=O) groups excluding carboxylic acids is 1. The molecule has 1 fully saturated rings. The smallest absolute Gasteiger partial charge is 0.258 e. The Kier molecular flexibility index (Phi) is 4.67. The molecule has 7 heteroatoms. The molecular formula is C23H20N4O2S. The van der Waals surface area contributed by atoms with Gasteiger partial charge in [0, 0.05) is 40.6 Å². The van der Waals surface area contributed by atoms with Crippen molar-refractivity contribution in [3.8, 4) is 34.1 Å². The van der Waals surface area contributed by atoms with E-state index < -0.39 is 0 Å². The van der Waals surface area contributed by atoms with Crippen LogP contribution in [0, 0.1) is 6.92 Å². The van der Waals surface area contributed by atoms with Gasteiger partial charge in [-0.15, -0.1) is 11.3 Å².